The van der Waals surface area contributed by atoms with Gasteiger partial charge in [0.15, 0.2) is 0 Å². The van der Waals surface area contributed by atoms with Crippen molar-refractivity contribution in [3.05, 3.63) is 24.3 Å². The molecule has 0 aliphatic carbocycles. The average molecular weight is 274 g/mol. The van der Waals surface area contributed by atoms with Crippen molar-refractivity contribution in [1.29, 1.82) is 0 Å². The number of halogens is 1. The van der Waals surface area contributed by atoms with Crippen LogP contribution in [0.5, 0.6) is 0 Å². The van der Waals surface area contributed by atoms with E-state index in [4.69, 9.17) is 10.7 Å². The highest BCUT2D eigenvalue weighted by molar-refractivity contribution is 8.13. The van der Waals surface area contributed by atoms with E-state index in [2.05, 4.69) is 4.90 Å². The number of hydrogen-bond acceptors (Lipinski definition) is 3. The lowest BCUT2D eigenvalue weighted by atomic mass is 10.2. The lowest BCUT2D eigenvalue weighted by Crippen LogP contribution is -2.23. The molecule has 0 spiro atoms. The predicted molar refractivity (Wildman–Crippen MR) is 70.2 cm³/mol. The Bertz CT molecular complexity index is 462. The molecule has 0 amide bonds. The van der Waals surface area contributed by atoms with E-state index in [1.54, 1.807) is 12.1 Å². The first kappa shape index (κ1) is 12.7. The van der Waals surface area contributed by atoms with Crippen LogP contribution in [0.3, 0.4) is 0 Å². The Kier molecular flexibility index (Phi) is 3.94. The molecule has 0 bridgehead atoms. The van der Waals surface area contributed by atoms with Crippen LogP contribution in [0.15, 0.2) is 29.2 Å². The van der Waals surface area contributed by atoms with Crippen LogP contribution in [0.1, 0.15) is 25.7 Å². The Labute approximate surface area is 107 Å². The van der Waals surface area contributed by atoms with Gasteiger partial charge in [-0.1, -0.05) is 12.8 Å². The fourth-order valence-electron chi connectivity index (χ4n) is 2.15. The predicted octanol–water partition coefficient (Wildman–Crippen LogP) is 2.99. The van der Waals surface area contributed by atoms with Crippen molar-refractivity contribution < 1.29 is 8.42 Å². The maximum Gasteiger partial charge on any atom is 0.261 e. The molecule has 0 unspecified atom stereocenters. The second kappa shape index (κ2) is 5.27. The van der Waals surface area contributed by atoms with Crippen molar-refractivity contribution in [3.8, 4) is 0 Å². The molecule has 1 aromatic carbocycles. The Balaban J connectivity index is 2.17. The maximum absolute atomic E-state index is 11.1. The Morgan fingerprint density at radius 2 is 1.47 bits per heavy atom. The van der Waals surface area contributed by atoms with Crippen LogP contribution in [-0.4, -0.2) is 21.5 Å². The monoisotopic (exact) mass is 273 g/mol. The Hall–Kier alpha value is -0.740. The lowest BCUT2D eigenvalue weighted by molar-refractivity contribution is 0.609. The van der Waals surface area contributed by atoms with Gasteiger partial charge in [0.1, 0.15) is 0 Å². The molecule has 0 N–H and O–H groups in total. The molecule has 17 heavy (non-hydrogen) atoms. The molecule has 1 aliphatic heterocycles. The summed E-state index contributed by atoms with van der Waals surface area (Å²) in [5.74, 6) is 0. The molecule has 94 valence electrons. The van der Waals surface area contributed by atoms with Gasteiger partial charge in [0, 0.05) is 29.5 Å². The highest BCUT2D eigenvalue weighted by Crippen LogP contribution is 2.22. The number of hydrogen-bond donors (Lipinski definition) is 0. The summed E-state index contributed by atoms with van der Waals surface area (Å²) >= 11 is 0. The molecular weight excluding hydrogens is 258 g/mol. The van der Waals surface area contributed by atoms with E-state index in [1.165, 1.54) is 25.7 Å². The fraction of sp³-hybridized carbons (Fsp3) is 0.500. The van der Waals surface area contributed by atoms with Gasteiger partial charge in [-0.05, 0) is 37.1 Å². The molecular formula is C12H16ClNO2S. The normalized spacial score (nSPS) is 17.8. The minimum Gasteiger partial charge on any atom is -0.372 e. The first-order chi connectivity index (χ1) is 8.07. The first-order valence-electron chi connectivity index (χ1n) is 5.87. The van der Waals surface area contributed by atoms with E-state index in [-0.39, 0.29) is 4.90 Å². The van der Waals surface area contributed by atoms with Crippen molar-refractivity contribution in [1.82, 2.24) is 0 Å². The zero-order chi connectivity index (χ0) is 12.3. The van der Waals surface area contributed by atoms with Crippen LogP contribution < -0.4 is 4.90 Å². The van der Waals surface area contributed by atoms with Gasteiger partial charge in [0.25, 0.3) is 9.05 Å². The van der Waals surface area contributed by atoms with Crippen molar-refractivity contribution in [2.45, 2.75) is 30.6 Å². The fourth-order valence-corrected chi connectivity index (χ4v) is 2.92. The van der Waals surface area contributed by atoms with Gasteiger partial charge in [0.2, 0.25) is 0 Å². The SMILES string of the molecule is O=S(=O)(Cl)c1ccc(N2CCCCCC2)cc1. The molecule has 5 heteroatoms. The highest BCUT2D eigenvalue weighted by atomic mass is 35.7. The molecule has 0 atom stereocenters. The average Bonchev–Trinajstić information content (AvgIpc) is 2.56. The summed E-state index contributed by atoms with van der Waals surface area (Å²) in [7, 11) is 1.68. The quantitative estimate of drug-likeness (QED) is 0.778. The smallest absolute Gasteiger partial charge is 0.261 e. The van der Waals surface area contributed by atoms with E-state index in [0.29, 0.717) is 0 Å². The molecule has 1 saturated heterocycles. The zero-order valence-corrected chi connectivity index (χ0v) is 11.2. The zero-order valence-electron chi connectivity index (χ0n) is 9.60. The van der Waals surface area contributed by atoms with E-state index in [1.807, 2.05) is 12.1 Å². The van der Waals surface area contributed by atoms with E-state index < -0.39 is 9.05 Å². The Morgan fingerprint density at radius 1 is 0.941 bits per heavy atom. The summed E-state index contributed by atoms with van der Waals surface area (Å²) in [6.45, 7) is 2.10. The lowest BCUT2D eigenvalue weighted by Gasteiger charge is -2.22. The van der Waals surface area contributed by atoms with E-state index in [0.717, 1.165) is 18.8 Å². The molecule has 1 aliphatic rings. The number of benzene rings is 1. The van der Waals surface area contributed by atoms with Gasteiger partial charge in [-0.25, -0.2) is 8.42 Å². The van der Waals surface area contributed by atoms with Crippen LogP contribution >= 0.6 is 10.7 Å². The number of nitrogens with zero attached hydrogens (tertiary/aromatic N) is 1. The van der Waals surface area contributed by atoms with Gasteiger partial charge < -0.3 is 4.90 Å². The van der Waals surface area contributed by atoms with Crippen LogP contribution in [0.25, 0.3) is 0 Å². The van der Waals surface area contributed by atoms with Crippen molar-refractivity contribution >= 4 is 25.4 Å². The summed E-state index contributed by atoms with van der Waals surface area (Å²) < 4.78 is 22.3. The van der Waals surface area contributed by atoms with Crippen molar-refractivity contribution in [3.63, 3.8) is 0 Å². The second-order valence-electron chi connectivity index (χ2n) is 4.33. The first-order valence-corrected chi connectivity index (χ1v) is 8.18. The third-order valence-corrected chi connectivity index (χ3v) is 4.46. The minimum atomic E-state index is -3.60. The molecule has 0 saturated carbocycles. The molecule has 3 nitrogen and oxygen atoms in total. The number of rotatable bonds is 2. The van der Waals surface area contributed by atoms with Crippen molar-refractivity contribution in [2.75, 3.05) is 18.0 Å². The second-order valence-corrected chi connectivity index (χ2v) is 6.90. The van der Waals surface area contributed by atoms with Gasteiger partial charge in [-0.15, -0.1) is 0 Å². The standard InChI is InChI=1S/C12H16ClNO2S/c13-17(15,16)12-7-5-11(6-8-12)14-9-3-1-2-4-10-14/h5-8H,1-4,9-10H2. The molecule has 0 aromatic heterocycles. The summed E-state index contributed by atoms with van der Waals surface area (Å²) in [5.41, 5.74) is 1.08. The third kappa shape index (κ3) is 3.36. The summed E-state index contributed by atoms with van der Waals surface area (Å²) in [6.07, 6.45) is 4.97. The molecule has 1 fully saturated rings. The third-order valence-electron chi connectivity index (χ3n) is 3.09. The summed E-state index contributed by atoms with van der Waals surface area (Å²) in [4.78, 5) is 2.47. The molecule has 0 radical (unpaired) electrons. The van der Waals surface area contributed by atoms with E-state index in [9.17, 15) is 8.42 Å². The van der Waals surface area contributed by atoms with E-state index >= 15 is 0 Å². The maximum atomic E-state index is 11.1. The van der Waals surface area contributed by atoms with Gasteiger partial charge in [-0.3, -0.25) is 0 Å². The molecule has 1 aromatic rings. The molecule has 1 heterocycles. The number of anilines is 1. The topological polar surface area (TPSA) is 37.4 Å². The highest BCUT2D eigenvalue weighted by Gasteiger charge is 2.12. The van der Waals surface area contributed by atoms with Crippen LogP contribution in [-0.2, 0) is 9.05 Å². The summed E-state index contributed by atoms with van der Waals surface area (Å²) in [5, 5.41) is 0. The summed E-state index contributed by atoms with van der Waals surface area (Å²) in [6, 6.07) is 6.81. The van der Waals surface area contributed by atoms with Crippen LogP contribution in [0.2, 0.25) is 0 Å². The van der Waals surface area contributed by atoms with Gasteiger partial charge in [0.05, 0.1) is 4.90 Å². The van der Waals surface area contributed by atoms with Gasteiger partial charge in [-0.2, -0.15) is 0 Å². The van der Waals surface area contributed by atoms with Crippen molar-refractivity contribution in [2.24, 2.45) is 0 Å². The van der Waals surface area contributed by atoms with Crippen LogP contribution in [0.4, 0.5) is 5.69 Å². The van der Waals surface area contributed by atoms with Gasteiger partial charge >= 0.3 is 0 Å². The minimum absolute atomic E-state index is 0.165. The van der Waals surface area contributed by atoms with Crippen LogP contribution in [0, 0.1) is 0 Å². The molecule has 2 rings (SSSR count). The largest absolute Gasteiger partial charge is 0.372 e. The Morgan fingerprint density at radius 3 is 1.94 bits per heavy atom.